The Morgan fingerprint density at radius 3 is 2.19 bits per heavy atom. The number of hydrogen-bond acceptors (Lipinski definition) is 6. The molecule has 1 saturated heterocycles. The van der Waals surface area contributed by atoms with Crippen molar-refractivity contribution in [2.24, 2.45) is 0 Å². The van der Waals surface area contributed by atoms with E-state index in [0.29, 0.717) is 54.1 Å². The number of aromatic nitrogens is 2. The first-order valence-corrected chi connectivity index (χ1v) is 8.60. The van der Waals surface area contributed by atoms with Gasteiger partial charge in [-0.1, -0.05) is 6.07 Å². The zero-order valence-electron chi connectivity index (χ0n) is 14.8. The molecule has 8 nitrogen and oxygen atoms in total. The normalized spacial score (nSPS) is 14.4. The Kier molecular flexibility index (Phi) is 4.45. The van der Waals surface area contributed by atoms with Crippen LogP contribution in [0.1, 0.15) is 20.7 Å². The summed E-state index contributed by atoms with van der Waals surface area (Å²) in [5.41, 5.74) is 2.27. The molecule has 0 atom stereocenters. The first kappa shape index (κ1) is 17.0. The zero-order chi connectivity index (χ0) is 18.8. The summed E-state index contributed by atoms with van der Waals surface area (Å²) in [5, 5.41) is 7.51. The molecule has 138 valence electrons. The Morgan fingerprint density at radius 2 is 1.52 bits per heavy atom. The predicted molar refractivity (Wildman–Crippen MR) is 96.6 cm³/mol. The van der Waals surface area contributed by atoms with Crippen molar-refractivity contribution in [2.45, 2.75) is 0 Å². The molecule has 27 heavy (non-hydrogen) atoms. The summed E-state index contributed by atoms with van der Waals surface area (Å²) in [5.74, 6) is 0.497. The van der Waals surface area contributed by atoms with Crippen LogP contribution in [-0.4, -0.2) is 65.2 Å². The van der Waals surface area contributed by atoms with E-state index in [9.17, 15) is 9.59 Å². The molecule has 4 rings (SSSR count). The van der Waals surface area contributed by atoms with Gasteiger partial charge in [-0.05, 0) is 46.7 Å². The predicted octanol–water partition coefficient (Wildman–Crippen LogP) is 1.83. The third-order valence-electron chi connectivity index (χ3n) is 4.67. The maximum absolute atomic E-state index is 12.7. The smallest absolute Gasteiger partial charge is 0.254 e. The van der Waals surface area contributed by atoms with Crippen molar-refractivity contribution in [3.05, 3.63) is 53.6 Å². The molecule has 1 aromatic heterocycles. The minimum Gasteiger partial charge on any atom is -0.497 e. The Labute approximate surface area is 155 Å². The van der Waals surface area contributed by atoms with Crippen LogP contribution in [0.25, 0.3) is 11.0 Å². The van der Waals surface area contributed by atoms with E-state index in [1.807, 2.05) is 0 Å². The van der Waals surface area contributed by atoms with Crippen LogP contribution in [0.3, 0.4) is 0 Å². The van der Waals surface area contributed by atoms with Gasteiger partial charge in [-0.25, -0.2) is 4.63 Å². The maximum atomic E-state index is 12.7. The molecule has 2 aromatic carbocycles. The van der Waals surface area contributed by atoms with Gasteiger partial charge in [-0.15, -0.1) is 0 Å². The highest BCUT2D eigenvalue weighted by atomic mass is 16.6. The van der Waals surface area contributed by atoms with Crippen molar-refractivity contribution < 1.29 is 19.0 Å². The van der Waals surface area contributed by atoms with Gasteiger partial charge >= 0.3 is 0 Å². The second-order valence-corrected chi connectivity index (χ2v) is 6.28. The van der Waals surface area contributed by atoms with Crippen LogP contribution >= 0.6 is 0 Å². The summed E-state index contributed by atoms with van der Waals surface area (Å²) in [6.07, 6.45) is 0. The Hall–Kier alpha value is -3.42. The first-order chi connectivity index (χ1) is 13.2. The van der Waals surface area contributed by atoms with Crippen molar-refractivity contribution >= 4 is 22.8 Å². The molecule has 0 spiro atoms. The van der Waals surface area contributed by atoms with Crippen LogP contribution in [0.4, 0.5) is 0 Å². The van der Waals surface area contributed by atoms with E-state index in [-0.39, 0.29) is 11.8 Å². The number of nitrogens with zero attached hydrogens (tertiary/aromatic N) is 4. The number of carbonyl (C=O) groups excluding carboxylic acids is 2. The van der Waals surface area contributed by atoms with E-state index in [1.165, 1.54) is 0 Å². The number of ether oxygens (including phenoxy) is 1. The van der Waals surface area contributed by atoms with Crippen LogP contribution in [0.15, 0.2) is 47.1 Å². The molecule has 2 heterocycles. The minimum absolute atomic E-state index is 0.0592. The average Bonchev–Trinajstić information content (AvgIpc) is 3.20. The maximum Gasteiger partial charge on any atom is 0.254 e. The highest BCUT2D eigenvalue weighted by Gasteiger charge is 2.26. The third kappa shape index (κ3) is 3.33. The van der Waals surface area contributed by atoms with Crippen LogP contribution < -0.4 is 4.74 Å². The lowest BCUT2D eigenvalue weighted by atomic mass is 10.1. The fraction of sp³-hybridized carbons (Fsp3) is 0.263. The summed E-state index contributed by atoms with van der Waals surface area (Å²) in [6.45, 7) is 1.92. The van der Waals surface area contributed by atoms with Gasteiger partial charge in [0.25, 0.3) is 11.8 Å². The van der Waals surface area contributed by atoms with Gasteiger partial charge in [0.05, 0.1) is 7.11 Å². The van der Waals surface area contributed by atoms with Crippen molar-refractivity contribution in [3.8, 4) is 5.75 Å². The minimum atomic E-state index is -0.0895. The summed E-state index contributed by atoms with van der Waals surface area (Å²) in [4.78, 5) is 28.9. The van der Waals surface area contributed by atoms with Gasteiger partial charge in [0.2, 0.25) is 0 Å². The summed E-state index contributed by atoms with van der Waals surface area (Å²) in [6, 6.07) is 12.2. The Bertz CT molecular complexity index is 992. The number of carbonyl (C=O) groups is 2. The molecule has 1 fully saturated rings. The topological polar surface area (TPSA) is 88.8 Å². The molecule has 0 aliphatic carbocycles. The van der Waals surface area contributed by atoms with Gasteiger partial charge in [-0.3, -0.25) is 9.59 Å². The molecular weight excluding hydrogens is 348 g/mol. The lowest BCUT2D eigenvalue weighted by Gasteiger charge is -2.35. The molecule has 8 heteroatoms. The zero-order valence-corrected chi connectivity index (χ0v) is 14.8. The highest BCUT2D eigenvalue weighted by molar-refractivity contribution is 5.98. The largest absolute Gasteiger partial charge is 0.497 e. The molecule has 0 N–H and O–H groups in total. The van der Waals surface area contributed by atoms with Gasteiger partial charge < -0.3 is 14.5 Å². The van der Waals surface area contributed by atoms with Crippen LogP contribution in [0.2, 0.25) is 0 Å². The number of fused-ring (bicyclic) bond motifs is 1. The number of rotatable bonds is 3. The Balaban J connectivity index is 1.42. The van der Waals surface area contributed by atoms with Crippen molar-refractivity contribution in [1.29, 1.82) is 0 Å². The van der Waals surface area contributed by atoms with Gasteiger partial charge in [0.15, 0.2) is 0 Å². The average molecular weight is 366 g/mol. The third-order valence-corrected chi connectivity index (χ3v) is 4.67. The van der Waals surface area contributed by atoms with Crippen LogP contribution in [0, 0.1) is 0 Å². The molecule has 0 radical (unpaired) electrons. The van der Waals surface area contributed by atoms with E-state index >= 15 is 0 Å². The van der Waals surface area contributed by atoms with E-state index in [0.717, 1.165) is 0 Å². The standard InChI is InChI=1S/C19H18N4O4/c1-26-15-4-2-3-13(11-15)18(24)22-7-9-23(10-8-22)19(25)14-5-6-16-17(12-14)21-27-20-16/h2-6,11-12H,7-10H2,1H3. The summed E-state index contributed by atoms with van der Waals surface area (Å²) in [7, 11) is 1.57. The summed E-state index contributed by atoms with van der Waals surface area (Å²) < 4.78 is 9.84. The molecule has 2 amide bonds. The van der Waals surface area contributed by atoms with Crippen LogP contribution in [-0.2, 0) is 0 Å². The van der Waals surface area contributed by atoms with E-state index in [1.54, 1.807) is 59.4 Å². The number of hydrogen-bond donors (Lipinski definition) is 0. The van der Waals surface area contributed by atoms with E-state index in [2.05, 4.69) is 14.9 Å². The molecule has 3 aromatic rings. The van der Waals surface area contributed by atoms with Crippen molar-refractivity contribution in [3.63, 3.8) is 0 Å². The molecule has 0 saturated carbocycles. The fourth-order valence-corrected chi connectivity index (χ4v) is 3.15. The van der Waals surface area contributed by atoms with Crippen molar-refractivity contribution in [2.75, 3.05) is 33.3 Å². The molecule has 1 aliphatic heterocycles. The lowest BCUT2D eigenvalue weighted by molar-refractivity contribution is 0.0535. The second kappa shape index (κ2) is 7.06. The van der Waals surface area contributed by atoms with E-state index in [4.69, 9.17) is 4.74 Å². The number of amides is 2. The number of piperazine rings is 1. The van der Waals surface area contributed by atoms with Gasteiger partial charge in [0, 0.05) is 37.3 Å². The molecule has 0 unspecified atom stereocenters. The summed E-state index contributed by atoms with van der Waals surface area (Å²) >= 11 is 0. The van der Waals surface area contributed by atoms with E-state index < -0.39 is 0 Å². The monoisotopic (exact) mass is 366 g/mol. The van der Waals surface area contributed by atoms with Gasteiger partial charge in [-0.2, -0.15) is 0 Å². The molecule has 0 bridgehead atoms. The lowest BCUT2D eigenvalue weighted by Crippen LogP contribution is -2.50. The second-order valence-electron chi connectivity index (χ2n) is 6.28. The Morgan fingerprint density at radius 1 is 0.889 bits per heavy atom. The quantitative estimate of drug-likeness (QED) is 0.703. The highest BCUT2D eigenvalue weighted by Crippen LogP contribution is 2.17. The van der Waals surface area contributed by atoms with Gasteiger partial charge in [0.1, 0.15) is 16.8 Å². The first-order valence-electron chi connectivity index (χ1n) is 8.60. The SMILES string of the molecule is COc1cccc(C(=O)N2CCN(C(=O)c3ccc4nonc4c3)CC2)c1. The number of benzene rings is 2. The van der Waals surface area contributed by atoms with Crippen molar-refractivity contribution in [1.82, 2.24) is 20.1 Å². The number of methoxy groups -OCH3 is 1. The fourth-order valence-electron chi connectivity index (χ4n) is 3.15. The molecule has 1 aliphatic rings. The van der Waals surface area contributed by atoms with Crippen LogP contribution in [0.5, 0.6) is 5.75 Å². The molecular formula is C19H18N4O4.